The summed E-state index contributed by atoms with van der Waals surface area (Å²) in [6, 6.07) is 6.35. The number of carbonyl (C=O) groups is 1. The first-order valence-electron chi connectivity index (χ1n) is 4.20. The first-order chi connectivity index (χ1) is 7.18. The SMILES string of the molecule is O=C(c1ccoc1)c1ccc(Cl)cc1Cl. The quantitative estimate of drug-likeness (QED) is 0.748. The van der Waals surface area contributed by atoms with E-state index in [0.717, 1.165) is 0 Å². The number of carbonyl (C=O) groups excluding carboxylic acids is 1. The molecule has 0 saturated carbocycles. The molecule has 2 aromatic rings. The van der Waals surface area contributed by atoms with E-state index in [1.54, 1.807) is 18.2 Å². The monoisotopic (exact) mass is 240 g/mol. The van der Waals surface area contributed by atoms with Crippen LogP contribution < -0.4 is 0 Å². The lowest BCUT2D eigenvalue weighted by Crippen LogP contribution is -2.00. The Morgan fingerprint density at radius 3 is 2.60 bits per heavy atom. The fraction of sp³-hybridized carbons (Fsp3) is 0. The third kappa shape index (κ3) is 2.06. The van der Waals surface area contributed by atoms with Crippen LogP contribution in [0.2, 0.25) is 10.0 Å². The normalized spacial score (nSPS) is 10.3. The third-order valence-corrected chi connectivity index (χ3v) is 2.51. The van der Waals surface area contributed by atoms with Crippen LogP contribution in [0.5, 0.6) is 0 Å². The maximum absolute atomic E-state index is 11.9. The van der Waals surface area contributed by atoms with Gasteiger partial charge < -0.3 is 4.42 Å². The van der Waals surface area contributed by atoms with Crippen molar-refractivity contribution in [3.8, 4) is 0 Å². The maximum Gasteiger partial charge on any atom is 0.197 e. The molecule has 0 aliphatic carbocycles. The lowest BCUT2D eigenvalue weighted by Gasteiger charge is -2.01. The van der Waals surface area contributed by atoms with Gasteiger partial charge in [0.05, 0.1) is 16.8 Å². The zero-order chi connectivity index (χ0) is 10.8. The second-order valence-corrected chi connectivity index (χ2v) is 3.81. The van der Waals surface area contributed by atoms with E-state index in [-0.39, 0.29) is 5.78 Å². The summed E-state index contributed by atoms with van der Waals surface area (Å²) in [5, 5.41) is 0.845. The number of furan rings is 1. The van der Waals surface area contributed by atoms with Crippen molar-refractivity contribution in [2.24, 2.45) is 0 Å². The van der Waals surface area contributed by atoms with Crippen LogP contribution in [0.25, 0.3) is 0 Å². The van der Waals surface area contributed by atoms with Crippen LogP contribution in [-0.2, 0) is 0 Å². The van der Waals surface area contributed by atoms with E-state index in [2.05, 4.69) is 0 Å². The summed E-state index contributed by atoms with van der Waals surface area (Å²) in [6.45, 7) is 0. The van der Waals surface area contributed by atoms with E-state index < -0.39 is 0 Å². The minimum Gasteiger partial charge on any atom is -0.472 e. The molecule has 0 atom stereocenters. The molecular formula is C11H6Cl2O2. The molecule has 0 unspecified atom stereocenters. The van der Waals surface area contributed by atoms with Crippen LogP contribution in [0, 0.1) is 0 Å². The standard InChI is InChI=1S/C11H6Cl2O2/c12-8-1-2-9(10(13)5-8)11(14)7-3-4-15-6-7/h1-6H. The van der Waals surface area contributed by atoms with Crippen LogP contribution in [0.4, 0.5) is 0 Å². The summed E-state index contributed by atoms with van der Waals surface area (Å²) in [4.78, 5) is 11.9. The summed E-state index contributed by atoms with van der Waals surface area (Å²) < 4.78 is 4.83. The average molecular weight is 241 g/mol. The van der Waals surface area contributed by atoms with Crippen molar-refractivity contribution in [2.75, 3.05) is 0 Å². The Balaban J connectivity index is 2.42. The molecule has 0 saturated heterocycles. The number of rotatable bonds is 2. The maximum atomic E-state index is 11.9. The predicted molar refractivity (Wildman–Crippen MR) is 58.6 cm³/mol. The van der Waals surface area contributed by atoms with Crippen molar-refractivity contribution < 1.29 is 9.21 Å². The molecule has 1 aromatic carbocycles. The summed E-state index contributed by atoms with van der Waals surface area (Å²) in [7, 11) is 0. The minimum atomic E-state index is -0.176. The van der Waals surface area contributed by atoms with Crippen molar-refractivity contribution in [1.29, 1.82) is 0 Å². The van der Waals surface area contributed by atoms with Gasteiger partial charge in [-0.3, -0.25) is 4.79 Å². The predicted octanol–water partition coefficient (Wildman–Crippen LogP) is 3.82. The molecule has 2 rings (SSSR count). The van der Waals surface area contributed by atoms with Crippen LogP contribution in [0.3, 0.4) is 0 Å². The third-order valence-electron chi connectivity index (χ3n) is 1.96. The van der Waals surface area contributed by atoms with E-state index in [0.29, 0.717) is 21.2 Å². The van der Waals surface area contributed by atoms with Crippen LogP contribution in [0.15, 0.2) is 41.2 Å². The number of halogens is 2. The van der Waals surface area contributed by atoms with Gasteiger partial charge in [0.25, 0.3) is 0 Å². The number of hydrogen-bond acceptors (Lipinski definition) is 2. The Morgan fingerprint density at radius 2 is 2.00 bits per heavy atom. The van der Waals surface area contributed by atoms with Gasteiger partial charge in [-0.15, -0.1) is 0 Å². The van der Waals surface area contributed by atoms with Gasteiger partial charge in [-0.25, -0.2) is 0 Å². The molecule has 76 valence electrons. The van der Waals surface area contributed by atoms with Gasteiger partial charge in [-0.05, 0) is 24.3 Å². The summed E-state index contributed by atoms with van der Waals surface area (Å²) in [5.74, 6) is -0.176. The minimum absolute atomic E-state index is 0.176. The average Bonchev–Trinajstić information content (AvgIpc) is 2.69. The van der Waals surface area contributed by atoms with Crippen LogP contribution in [-0.4, -0.2) is 5.78 Å². The Hall–Kier alpha value is -1.25. The summed E-state index contributed by atoms with van der Waals surface area (Å²) in [6.07, 6.45) is 2.82. The molecule has 0 N–H and O–H groups in total. The molecular weight excluding hydrogens is 235 g/mol. The molecule has 15 heavy (non-hydrogen) atoms. The van der Waals surface area contributed by atoms with E-state index in [1.807, 2.05) is 0 Å². The van der Waals surface area contributed by atoms with Gasteiger partial charge in [-0.2, -0.15) is 0 Å². The Bertz CT molecular complexity index is 489. The molecule has 0 radical (unpaired) electrons. The fourth-order valence-electron chi connectivity index (χ4n) is 1.22. The number of benzene rings is 1. The smallest absolute Gasteiger partial charge is 0.197 e. The second kappa shape index (κ2) is 4.09. The van der Waals surface area contributed by atoms with Crippen LogP contribution in [0.1, 0.15) is 15.9 Å². The lowest BCUT2D eigenvalue weighted by atomic mass is 10.1. The molecule has 1 aromatic heterocycles. The summed E-state index contributed by atoms with van der Waals surface area (Å²) in [5.41, 5.74) is 0.890. The first-order valence-corrected chi connectivity index (χ1v) is 4.96. The molecule has 1 heterocycles. The first kappa shape index (κ1) is 10.3. The van der Waals surface area contributed by atoms with Gasteiger partial charge in [0, 0.05) is 10.6 Å². The second-order valence-electron chi connectivity index (χ2n) is 2.97. The van der Waals surface area contributed by atoms with Crippen molar-refractivity contribution in [2.45, 2.75) is 0 Å². The van der Waals surface area contributed by atoms with Crippen molar-refractivity contribution in [3.63, 3.8) is 0 Å². The Kier molecular flexibility index (Phi) is 2.80. The Labute approximate surface area is 96.4 Å². The molecule has 0 aliphatic rings. The van der Waals surface area contributed by atoms with Crippen molar-refractivity contribution in [3.05, 3.63) is 58.0 Å². The van der Waals surface area contributed by atoms with Gasteiger partial charge in [-0.1, -0.05) is 23.2 Å². The number of ketones is 1. The van der Waals surface area contributed by atoms with E-state index >= 15 is 0 Å². The van der Waals surface area contributed by atoms with Crippen LogP contribution >= 0.6 is 23.2 Å². The van der Waals surface area contributed by atoms with E-state index in [9.17, 15) is 4.79 Å². The van der Waals surface area contributed by atoms with E-state index in [4.69, 9.17) is 27.6 Å². The highest BCUT2D eigenvalue weighted by Gasteiger charge is 2.13. The highest BCUT2D eigenvalue weighted by atomic mass is 35.5. The molecule has 4 heteroatoms. The highest BCUT2D eigenvalue weighted by molar-refractivity contribution is 6.37. The number of hydrogen-bond donors (Lipinski definition) is 0. The molecule has 2 nitrogen and oxygen atoms in total. The van der Waals surface area contributed by atoms with Gasteiger partial charge >= 0.3 is 0 Å². The van der Waals surface area contributed by atoms with Crippen molar-refractivity contribution in [1.82, 2.24) is 0 Å². The van der Waals surface area contributed by atoms with Gasteiger partial charge in [0.15, 0.2) is 5.78 Å². The largest absolute Gasteiger partial charge is 0.472 e. The topological polar surface area (TPSA) is 30.2 Å². The molecule has 0 bridgehead atoms. The molecule has 0 aliphatic heterocycles. The van der Waals surface area contributed by atoms with Crippen molar-refractivity contribution >= 4 is 29.0 Å². The Morgan fingerprint density at radius 1 is 1.20 bits per heavy atom. The summed E-state index contributed by atoms with van der Waals surface area (Å²) >= 11 is 11.6. The lowest BCUT2D eigenvalue weighted by molar-refractivity contribution is 0.103. The zero-order valence-corrected chi connectivity index (χ0v) is 9.05. The van der Waals surface area contributed by atoms with Gasteiger partial charge in [0.1, 0.15) is 6.26 Å². The molecule has 0 fully saturated rings. The fourth-order valence-corrected chi connectivity index (χ4v) is 1.72. The van der Waals surface area contributed by atoms with E-state index in [1.165, 1.54) is 18.6 Å². The molecule has 0 spiro atoms. The highest BCUT2D eigenvalue weighted by Crippen LogP contribution is 2.23. The zero-order valence-electron chi connectivity index (χ0n) is 7.54. The molecule has 0 amide bonds. The van der Waals surface area contributed by atoms with Gasteiger partial charge in [0.2, 0.25) is 0 Å².